The van der Waals surface area contributed by atoms with Gasteiger partial charge in [-0.05, 0) is 55.7 Å². The van der Waals surface area contributed by atoms with Gasteiger partial charge in [-0.2, -0.15) is 5.26 Å². The van der Waals surface area contributed by atoms with Gasteiger partial charge in [-0.1, -0.05) is 30.3 Å². The third kappa shape index (κ3) is 8.36. The minimum absolute atomic E-state index is 0.133. The van der Waals surface area contributed by atoms with Gasteiger partial charge < -0.3 is 29.7 Å². The Morgan fingerprint density at radius 2 is 1.60 bits per heavy atom. The summed E-state index contributed by atoms with van der Waals surface area (Å²) in [7, 11) is 0. The number of carbonyl (C=O) groups is 3. The van der Waals surface area contributed by atoms with Gasteiger partial charge in [0.15, 0.2) is 5.82 Å². The van der Waals surface area contributed by atoms with Crippen molar-refractivity contribution in [1.29, 1.82) is 5.26 Å². The molecule has 14 nitrogen and oxygen atoms in total. The molecule has 3 heterocycles. The Hall–Kier alpha value is -5.53. The molecule has 0 saturated carbocycles. The van der Waals surface area contributed by atoms with Crippen LogP contribution >= 0.6 is 11.3 Å². The molecular weight excluding hydrogens is 664 g/mol. The number of carboxylic acids is 2. The standard InChI is InChI=1S/C35H34N6O8S/c1-20-21(2)50-35-32(20)33(38-28(10-11-30(43)44)34-40-39-22(3)41(34)35)24-6-4-23(5-7-24)25-8-9-27(26(16-25)17-36)37-29(42)18-48-14-12-47-13-15-49-19-31(45)46/h4-11,16,28H,12-15,18-19H2,1-3H3,(H,37,42)(H,43,44)(H,45,46)/b11-10+. The van der Waals surface area contributed by atoms with Crippen molar-refractivity contribution >= 4 is 40.6 Å². The van der Waals surface area contributed by atoms with Gasteiger partial charge >= 0.3 is 11.9 Å². The van der Waals surface area contributed by atoms with Crippen LogP contribution in [0.5, 0.6) is 0 Å². The van der Waals surface area contributed by atoms with Crippen LogP contribution in [-0.4, -0.2) is 88.2 Å². The van der Waals surface area contributed by atoms with Crippen LogP contribution < -0.4 is 5.32 Å². The molecule has 1 aliphatic heterocycles. The number of nitriles is 1. The zero-order valence-electron chi connectivity index (χ0n) is 27.5. The fourth-order valence-electron chi connectivity index (χ4n) is 5.24. The molecule has 1 atom stereocenters. The lowest BCUT2D eigenvalue weighted by molar-refractivity contribution is -0.142. The number of aryl methyl sites for hydroxylation is 2. The van der Waals surface area contributed by atoms with Crippen LogP contribution in [0.3, 0.4) is 0 Å². The van der Waals surface area contributed by atoms with Crippen molar-refractivity contribution in [3.8, 4) is 22.2 Å². The fourth-order valence-corrected chi connectivity index (χ4v) is 6.46. The third-order valence-corrected chi connectivity index (χ3v) is 8.91. The number of ether oxygens (including phenoxy) is 3. The first-order valence-electron chi connectivity index (χ1n) is 15.5. The Bertz CT molecular complexity index is 2010. The summed E-state index contributed by atoms with van der Waals surface area (Å²) >= 11 is 1.60. The summed E-state index contributed by atoms with van der Waals surface area (Å²) in [6, 6.07) is 14.3. The normalized spacial score (nSPS) is 13.6. The van der Waals surface area contributed by atoms with Crippen LogP contribution in [0, 0.1) is 32.1 Å². The lowest BCUT2D eigenvalue weighted by atomic mass is 9.96. The van der Waals surface area contributed by atoms with Crippen molar-refractivity contribution in [2.75, 3.05) is 45.0 Å². The lowest BCUT2D eigenvalue weighted by Crippen LogP contribution is -2.20. The first kappa shape index (κ1) is 35.8. The highest BCUT2D eigenvalue weighted by Crippen LogP contribution is 2.39. The van der Waals surface area contributed by atoms with Gasteiger partial charge in [0.1, 0.15) is 36.2 Å². The summed E-state index contributed by atoms with van der Waals surface area (Å²) in [6.45, 7) is 5.98. The molecule has 1 amide bonds. The van der Waals surface area contributed by atoms with E-state index in [0.717, 1.165) is 43.8 Å². The second kappa shape index (κ2) is 16.2. The second-order valence-corrected chi connectivity index (χ2v) is 12.3. The molecule has 2 aromatic carbocycles. The van der Waals surface area contributed by atoms with E-state index in [0.29, 0.717) is 23.0 Å². The number of aromatic nitrogens is 3. The van der Waals surface area contributed by atoms with Gasteiger partial charge in [0, 0.05) is 22.1 Å². The number of benzene rings is 2. The Morgan fingerprint density at radius 1 is 0.940 bits per heavy atom. The predicted octanol–water partition coefficient (Wildman–Crippen LogP) is 4.40. The number of amides is 1. The van der Waals surface area contributed by atoms with Crippen LogP contribution in [-0.2, 0) is 28.6 Å². The van der Waals surface area contributed by atoms with Gasteiger partial charge in [0.25, 0.3) is 0 Å². The van der Waals surface area contributed by atoms with Gasteiger partial charge in [-0.3, -0.25) is 14.4 Å². The van der Waals surface area contributed by atoms with Gasteiger partial charge in [0.2, 0.25) is 5.91 Å². The number of thiophene rings is 1. The molecule has 1 aliphatic rings. The van der Waals surface area contributed by atoms with E-state index in [9.17, 15) is 24.8 Å². The van der Waals surface area contributed by atoms with Crippen molar-refractivity contribution in [3.63, 3.8) is 0 Å². The van der Waals surface area contributed by atoms with E-state index in [-0.39, 0.29) is 38.6 Å². The molecule has 258 valence electrons. The van der Waals surface area contributed by atoms with Crippen LogP contribution in [0.25, 0.3) is 16.1 Å². The molecular formula is C35H34N6O8S. The predicted molar refractivity (Wildman–Crippen MR) is 184 cm³/mol. The number of rotatable bonds is 15. The van der Waals surface area contributed by atoms with E-state index in [2.05, 4.69) is 21.6 Å². The molecule has 2 aromatic heterocycles. The number of aliphatic imine (C=N–C) groups is 1. The van der Waals surface area contributed by atoms with Crippen molar-refractivity contribution in [2.24, 2.45) is 4.99 Å². The number of hydrogen-bond acceptors (Lipinski definition) is 11. The molecule has 50 heavy (non-hydrogen) atoms. The highest BCUT2D eigenvalue weighted by molar-refractivity contribution is 7.15. The molecule has 0 saturated heterocycles. The zero-order valence-corrected chi connectivity index (χ0v) is 28.3. The number of carbonyl (C=O) groups excluding carboxylic acids is 1. The average molecular weight is 699 g/mol. The third-order valence-electron chi connectivity index (χ3n) is 7.72. The summed E-state index contributed by atoms with van der Waals surface area (Å²) < 4.78 is 17.4. The number of nitrogens with one attached hydrogen (secondary N) is 1. The minimum atomic E-state index is -1.09. The molecule has 4 aromatic rings. The molecule has 15 heteroatoms. The maximum atomic E-state index is 12.5. The molecule has 0 fully saturated rings. The van der Waals surface area contributed by atoms with Crippen molar-refractivity contribution in [3.05, 3.63) is 93.4 Å². The number of hydrogen-bond donors (Lipinski definition) is 3. The monoisotopic (exact) mass is 698 g/mol. The molecule has 0 aliphatic carbocycles. The number of carboxylic acid groups (broad SMARTS) is 2. The highest BCUT2D eigenvalue weighted by atomic mass is 32.1. The summed E-state index contributed by atoms with van der Waals surface area (Å²) in [5.41, 5.74) is 5.74. The molecule has 1 unspecified atom stereocenters. The average Bonchev–Trinajstić information content (AvgIpc) is 3.57. The van der Waals surface area contributed by atoms with Gasteiger partial charge in [-0.25, -0.2) is 9.59 Å². The Labute approximate surface area is 291 Å². The number of nitrogens with zero attached hydrogens (tertiary/aromatic N) is 5. The van der Waals surface area contributed by atoms with Crippen molar-refractivity contribution in [1.82, 2.24) is 14.8 Å². The Kier molecular flexibility index (Phi) is 11.6. The Balaban J connectivity index is 1.29. The van der Waals surface area contributed by atoms with E-state index in [4.69, 9.17) is 24.3 Å². The molecule has 0 bridgehead atoms. The van der Waals surface area contributed by atoms with E-state index in [1.54, 1.807) is 23.5 Å². The first-order chi connectivity index (χ1) is 24.1. The smallest absolute Gasteiger partial charge is 0.329 e. The molecule has 3 N–H and O–H groups in total. The van der Waals surface area contributed by atoms with E-state index < -0.39 is 30.5 Å². The fraction of sp³-hybridized carbons (Fsp3) is 0.286. The molecule has 0 spiro atoms. The maximum Gasteiger partial charge on any atom is 0.329 e. The quantitative estimate of drug-likeness (QED) is 0.117. The summed E-state index contributed by atoms with van der Waals surface area (Å²) in [5, 5.41) is 40.0. The summed E-state index contributed by atoms with van der Waals surface area (Å²) in [4.78, 5) is 40.4. The van der Waals surface area contributed by atoms with Crippen LogP contribution in [0.1, 0.15) is 44.8 Å². The zero-order chi connectivity index (χ0) is 35.8. The Morgan fingerprint density at radius 3 is 2.28 bits per heavy atom. The number of anilines is 1. The van der Waals surface area contributed by atoms with Crippen LogP contribution in [0.4, 0.5) is 5.69 Å². The van der Waals surface area contributed by atoms with Crippen molar-refractivity contribution < 1.29 is 38.8 Å². The summed E-state index contributed by atoms with van der Waals surface area (Å²) in [5.74, 6) is -1.37. The number of fused-ring (bicyclic) bond motifs is 3. The second-order valence-electron chi connectivity index (χ2n) is 11.1. The summed E-state index contributed by atoms with van der Waals surface area (Å²) in [6.07, 6.45) is 2.57. The molecule has 0 radical (unpaired) electrons. The lowest BCUT2D eigenvalue weighted by Gasteiger charge is -2.12. The van der Waals surface area contributed by atoms with E-state index in [1.165, 1.54) is 6.08 Å². The van der Waals surface area contributed by atoms with Crippen LogP contribution in [0.15, 0.2) is 59.6 Å². The minimum Gasteiger partial charge on any atom is -0.480 e. The largest absolute Gasteiger partial charge is 0.480 e. The molecule has 5 rings (SSSR count). The van der Waals surface area contributed by atoms with E-state index >= 15 is 0 Å². The van der Waals surface area contributed by atoms with Gasteiger partial charge in [0.05, 0.1) is 43.4 Å². The van der Waals surface area contributed by atoms with Crippen molar-refractivity contribution in [2.45, 2.75) is 26.8 Å². The first-order valence-corrected chi connectivity index (χ1v) is 16.3. The van der Waals surface area contributed by atoms with Crippen LogP contribution in [0.2, 0.25) is 0 Å². The SMILES string of the molecule is Cc1sc2c(c1C)C(c1ccc(-c3ccc(NC(=O)COCCOCCOCC(=O)O)c(C#N)c3)cc1)=NC(/C=C/C(=O)O)c1nnc(C)n1-2. The number of aliphatic carboxylic acids is 2. The van der Waals surface area contributed by atoms with E-state index in [1.807, 2.05) is 55.7 Å². The van der Waals surface area contributed by atoms with Gasteiger partial charge in [-0.15, -0.1) is 21.5 Å². The topological polar surface area (TPSA) is 198 Å². The maximum absolute atomic E-state index is 12.5. The highest BCUT2D eigenvalue weighted by Gasteiger charge is 2.30.